The van der Waals surface area contributed by atoms with E-state index in [9.17, 15) is 17.8 Å². The maximum atomic E-state index is 12.0. The first kappa shape index (κ1) is 31.3. The minimum absolute atomic E-state index is 0.0989. The Kier molecular flexibility index (Phi) is 19.4. The van der Waals surface area contributed by atoms with Crippen molar-refractivity contribution in [3.63, 3.8) is 0 Å². The third-order valence-electron chi connectivity index (χ3n) is 6.20. The molecule has 0 aliphatic rings. The van der Waals surface area contributed by atoms with E-state index in [1.807, 2.05) is 14.1 Å². The lowest BCUT2D eigenvalue weighted by molar-refractivity contribution is -0.889. The molecule has 0 atom stereocenters. The number of hydrogen-bond acceptors (Lipinski definition) is 4. The highest BCUT2D eigenvalue weighted by molar-refractivity contribution is 7.85. The van der Waals surface area contributed by atoms with Crippen molar-refractivity contribution in [3.8, 4) is 0 Å². The van der Waals surface area contributed by atoms with Crippen LogP contribution < -0.4 is 5.32 Å². The SMILES string of the molecule is CCCCCCCCCCCCCCCCCC(=O)NCC[N+](C)(C)CCCS(=O)(=O)[O-]. The number of rotatable bonds is 23. The molecule has 32 heavy (non-hydrogen) atoms. The van der Waals surface area contributed by atoms with Crippen LogP contribution in [0, 0.1) is 0 Å². The van der Waals surface area contributed by atoms with Crippen LogP contribution in [0.1, 0.15) is 116 Å². The summed E-state index contributed by atoms with van der Waals surface area (Å²) in [5.41, 5.74) is 0. The summed E-state index contributed by atoms with van der Waals surface area (Å²) in [6, 6.07) is 0. The monoisotopic (exact) mass is 476 g/mol. The maximum absolute atomic E-state index is 12.0. The van der Waals surface area contributed by atoms with E-state index >= 15 is 0 Å². The number of likely N-dealkylation sites (N-methyl/N-ethyl adjacent to an activating group) is 1. The van der Waals surface area contributed by atoms with Crippen LogP contribution in [0.5, 0.6) is 0 Å². The van der Waals surface area contributed by atoms with E-state index in [1.165, 1.54) is 83.5 Å². The number of hydrogen-bond donors (Lipinski definition) is 1. The average Bonchev–Trinajstić information content (AvgIpc) is 2.69. The Labute approximate surface area is 199 Å². The topological polar surface area (TPSA) is 86.3 Å². The highest BCUT2D eigenvalue weighted by atomic mass is 32.2. The van der Waals surface area contributed by atoms with Gasteiger partial charge >= 0.3 is 0 Å². The van der Waals surface area contributed by atoms with Crippen molar-refractivity contribution in [3.05, 3.63) is 0 Å². The molecular weight excluding hydrogens is 424 g/mol. The molecule has 0 rings (SSSR count). The number of carbonyl (C=O) groups excluding carboxylic acids is 1. The van der Waals surface area contributed by atoms with E-state index < -0.39 is 10.1 Å². The normalized spacial score (nSPS) is 12.2. The van der Waals surface area contributed by atoms with Crippen molar-refractivity contribution >= 4 is 16.0 Å². The fourth-order valence-electron chi connectivity index (χ4n) is 4.02. The van der Waals surface area contributed by atoms with Gasteiger partial charge in [-0.05, 0) is 6.42 Å². The van der Waals surface area contributed by atoms with Crippen molar-refractivity contribution in [1.29, 1.82) is 0 Å². The summed E-state index contributed by atoms with van der Waals surface area (Å²) in [5, 5.41) is 2.96. The van der Waals surface area contributed by atoms with Crippen LogP contribution in [-0.4, -0.2) is 62.8 Å². The minimum Gasteiger partial charge on any atom is -0.748 e. The van der Waals surface area contributed by atoms with Crippen LogP contribution in [-0.2, 0) is 14.9 Å². The summed E-state index contributed by atoms with van der Waals surface area (Å²) in [5.74, 6) is -0.220. The molecule has 0 aromatic rings. The molecule has 7 heteroatoms. The van der Waals surface area contributed by atoms with E-state index in [-0.39, 0.29) is 11.7 Å². The van der Waals surface area contributed by atoms with E-state index in [4.69, 9.17) is 0 Å². The lowest BCUT2D eigenvalue weighted by Crippen LogP contribution is -2.46. The van der Waals surface area contributed by atoms with Crippen LogP contribution in [0.2, 0.25) is 0 Å². The van der Waals surface area contributed by atoms with Crippen molar-refractivity contribution < 1.29 is 22.2 Å². The second kappa shape index (κ2) is 19.8. The Morgan fingerprint density at radius 2 is 1.16 bits per heavy atom. The zero-order chi connectivity index (χ0) is 24.1. The quantitative estimate of drug-likeness (QED) is 0.122. The van der Waals surface area contributed by atoms with Gasteiger partial charge < -0.3 is 14.4 Å². The molecule has 0 saturated carbocycles. The van der Waals surface area contributed by atoms with Crippen LogP contribution in [0.4, 0.5) is 0 Å². The standard InChI is InChI=1S/C25H52N2O4S/c1-4-5-6-7-8-9-10-11-12-13-14-15-16-17-18-20-25(28)26-21-23-27(2,3)22-19-24-32(29,30)31/h4-24H2,1-3H3,(H-,26,28,29,30,31). The minimum atomic E-state index is -4.14. The number of unbranched alkanes of at least 4 members (excludes halogenated alkanes) is 14. The molecule has 0 saturated heterocycles. The summed E-state index contributed by atoms with van der Waals surface area (Å²) in [7, 11) is -0.171. The molecule has 0 fully saturated rings. The molecule has 0 aromatic heterocycles. The van der Waals surface area contributed by atoms with Gasteiger partial charge in [-0.15, -0.1) is 0 Å². The molecule has 0 bridgehead atoms. The maximum Gasteiger partial charge on any atom is 0.220 e. The highest BCUT2D eigenvalue weighted by Crippen LogP contribution is 2.13. The molecule has 192 valence electrons. The predicted octanol–water partition coefficient (Wildman–Crippen LogP) is 5.38. The Hall–Kier alpha value is -0.660. The lowest BCUT2D eigenvalue weighted by Gasteiger charge is -2.30. The number of amides is 1. The third-order valence-corrected chi connectivity index (χ3v) is 6.99. The second-order valence-corrected chi connectivity index (χ2v) is 11.6. The number of nitrogens with one attached hydrogen (secondary N) is 1. The fourth-order valence-corrected chi connectivity index (χ4v) is 4.51. The predicted molar refractivity (Wildman–Crippen MR) is 134 cm³/mol. The van der Waals surface area contributed by atoms with Gasteiger partial charge in [0.1, 0.15) is 0 Å². The molecule has 0 aromatic carbocycles. The van der Waals surface area contributed by atoms with Gasteiger partial charge in [-0.25, -0.2) is 8.42 Å². The van der Waals surface area contributed by atoms with Gasteiger partial charge in [-0.1, -0.05) is 96.8 Å². The van der Waals surface area contributed by atoms with Gasteiger partial charge in [0, 0.05) is 18.6 Å². The first-order chi connectivity index (χ1) is 15.2. The summed E-state index contributed by atoms with van der Waals surface area (Å²) in [6.45, 7) is 4.18. The largest absolute Gasteiger partial charge is 0.748 e. The van der Waals surface area contributed by atoms with Crippen LogP contribution in [0.25, 0.3) is 0 Å². The summed E-state index contributed by atoms with van der Waals surface area (Å²) < 4.78 is 32.6. The second-order valence-electron chi connectivity index (χ2n) is 10.0. The van der Waals surface area contributed by atoms with Gasteiger partial charge in [-0.2, -0.15) is 0 Å². The Bertz CT molecular complexity index is 550. The fraction of sp³-hybridized carbons (Fsp3) is 0.960. The van der Waals surface area contributed by atoms with Crippen molar-refractivity contribution in [2.24, 2.45) is 0 Å². The zero-order valence-corrected chi connectivity index (χ0v) is 22.2. The molecule has 1 N–H and O–H groups in total. The smallest absolute Gasteiger partial charge is 0.220 e. The first-order valence-corrected chi connectivity index (χ1v) is 14.8. The zero-order valence-electron chi connectivity index (χ0n) is 21.3. The highest BCUT2D eigenvalue weighted by Gasteiger charge is 2.15. The number of nitrogens with zero attached hydrogens (tertiary/aromatic N) is 1. The van der Waals surface area contributed by atoms with Gasteiger partial charge in [0.2, 0.25) is 5.91 Å². The first-order valence-electron chi connectivity index (χ1n) is 13.2. The Morgan fingerprint density at radius 3 is 1.59 bits per heavy atom. The summed E-state index contributed by atoms with van der Waals surface area (Å²) >= 11 is 0. The Balaban J connectivity index is 3.42. The molecule has 0 unspecified atom stereocenters. The summed E-state index contributed by atoms with van der Waals surface area (Å²) in [6.07, 6.45) is 20.7. The van der Waals surface area contributed by atoms with Gasteiger partial charge in [0.15, 0.2) is 0 Å². The van der Waals surface area contributed by atoms with Crippen molar-refractivity contribution in [2.75, 3.05) is 39.5 Å². The van der Waals surface area contributed by atoms with Crippen molar-refractivity contribution in [2.45, 2.75) is 116 Å². The van der Waals surface area contributed by atoms with Crippen molar-refractivity contribution in [1.82, 2.24) is 5.32 Å². The van der Waals surface area contributed by atoms with E-state index in [0.29, 0.717) is 30.4 Å². The summed E-state index contributed by atoms with van der Waals surface area (Å²) in [4.78, 5) is 12.0. The Morgan fingerprint density at radius 1 is 0.719 bits per heavy atom. The van der Waals surface area contributed by atoms with Gasteiger partial charge in [-0.3, -0.25) is 4.79 Å². The van der Waals surface area contributed by atoms with Gasteiger partial charge in [0.25, 0.3) is 0 Å². The van der Waals surface area contributed by atoms with Crippen LogP contribution in [0.3, 0.4) is 0 Å². The third kappa shape index (κ3) is 24.0. The average molecular weight is 477 g/mol. The van der Waals surface area contributed by atoms with Crippen LogP contribution in [0.15, 0.2) is 0 Å². The number of carbonyl (C=O) groups is 1. The van der Waals surface area contributed by atoms with Crippen LogP contribution >= 0.6 is 0 Å². The molecule has 0 heterocycles. The molecule has 0 aliphatic heterocycles. The number of quaternary nitrogens is 1. The van der Waals surface area contributed by atoms with E-state index in [0.717, 1.165) is 19.4 Å². The lowest BCUT2D eigenvalue weighted by atomic mass is 10.0. The molecule has 0 radical (unpaired) electrons. The molecule has 6 nitrogen and oxygen atoms in total. The van der Waals surface area contributed by atoms with E-state index in [2.05, 4.69) is 12.2 Å². The van der Waals surface area contributed by atoms with E-state index in [1.54, 1.807) is 0 Å². The molecule has 1 amide bonds. The van der Waals surface area contributed by atoms with Gasteiger partial charge in [0.05, 0.1) is 43.8 Å². The molecule has 0 aliphatic carbocycles. The molecular formula is C25H52N2O4S. The molecule has 0 spiro atoms.